The van der Waals surface area contributed by atoms with E-state index in [0.717, 1.165) is 36.1 Å². The van der Waals surface area contributed by atoms with Crippen molar-refractivity contribution in [1.29, 1.82) is 0 Å². The molecular formula is C22H21N3O4S. The van der Waals surface area contributed by atoms with Gasteiger partial charge in [0.2, 0.25) is 15.9 Å². The molecule has 0 radical (unpaired) electrons. The number of rotatable bonds is 4. The summed E-state index contributed by atoms with van der Waals surface area (Å²) in [7, 11) is -3.63. The van der Waals surface area contributed by atoms with Crippen molar-refractivity contribution in [3.63, 3.8) is 0 Å². The molecule has 0 fully saturated rings. The van der Waals surface area contributed by atoms with E-state index in [4.69, 9.17) is 4.52 Å². The van der Waals surface area contributed by atoms with Crippen LogP contribution in [0.2, 0.25) is 0 Å². The Morgan fingerprint density at radius 2 is 1.77 bits per heavy atom. The van der Waals surface area contributed by atoms with Gasteiger partial charge in [-0.1, -0.05) is 29.4 Å². The highest BCUT2D eigenvalue weighted by atomic mass is 32.2. The van der Waals surface area contributed by atoms with E-state index < -0.39 is 10.0 Å². The highest BCUT2D eigenvalue weighted by molar-refractivity contribution is 7.89. The first-order valence-corrected chi connectivity index (χ1v) is 11.4. The molecule has 3 aromatic rings. The lowest BCUT2D eigenvalue weighted by atomic mass is 10.0. The normalized spacial score (nSPS) is 16.1. The highest BCUT2D eigenvalue weighted by Crippen LogP contribution is 2.29. The Labute approximate surface area is 174 Å². The lowest BCUT2D eigenvalue weighted by molar-refractivity contribution is 0.102. The molecule has 8 heteroatoms. The lowest BCUT2D eigenvalue weighted by Gasteiger charge is -2.28. The van der Waals surface area contributed by atoms with Gasteiger partial charge in [-0.05, 0) is 61.1 Å². The first kappa shape index (κ1) is 19.0. The molecule has 5 rings (SSSR count). The first-order valence-electron chi connectivity index (χ1n) is 9.98. The maximum Gasteiger partial charge on any atom is 0.258 e. The summed E-state index contributed by atoms with van der Waals surface area (Å²) in [6, 6.07) is 13.9. The first-order chi connectivity index (χ1) is 14.5. The van der Waals surface area contributed by atoms with Crippen LogP contribution in [-0.2, 0) is 35.8 Å². The molecule has 2 aliphatic rings. The zero-order chi connectivity index (χ0) is 20.7. The molecule has 1 aromatic heterocycles. The second-order valence-electron chi connectivity index (χ2n) is 7.63. The summed E-state index contributed by atoms with van der Waals surface area (Å²) in [6.07, 6.45) is 3.40. The molecule has 2 heterocycles. The van der Waals surface area contributed by atoms with Gasteiger partial charge >= 0.3 is 0 Å². The van der Waals surface area contributed by atoms with Gasteiger partial charge in [0.25, 0.3) is 5.91 Å². The minimum Gasteiger partial charge on any atom is -0.338 e. The molecule has 1 aliphatic carbocycles. The van der Waals surface area contributed by atoms with Crippen LogP contribution < -0.4 is 5.32 Å². The van der Waals surface area contributed by atoms with Gasteiger partial charge in [-0.15, -0.1) is 0 Å². The largest absolute Gasteiger partial charge is 0.338 e. The van der Waals surface area contributed by atoms with E-state index in [2.05, 4.69) is 10.5 Å². The molecule has 1 aliphatic heterocycles. The van der Waals surface area contributed by atoms with Crippen molar-refractivity contribution in [2.24, 2.45) is 0 Å². The Balaban J connectivity index is 1.32. The van der Waals surface area contributed by atoms with Gasteiger partial charge in [-0.25, -0.2) is 8.42 Å². The van der Waals surface area contributed by atoms with Crippen molar-refractivity contribution >= 4 is 21.8 Å². The maximum atomic E-state index is 13.1. The third kappa shape index (κ3) is 3.32. The Hall–Kier alpha value is -2.97. The summed E-state index contributed by atoms with van der Waals surface area (Å²) in [5.74, 6) is 0.0351. The monoisotopic (exact) mass is 423 g/mol. The number of carbonyl (C=O) groups is 1. The molecule has 154 valence electrons. The molecule has 0 atom stereocenters. The van der Waals surface area contributed by atoms with E-state index >= 15 is 0 Å². The van der Waals surface area contributed by atoms with Gasteiger partial charge in [-0.2, -0.15) is 4.31 Å². The average molecular weight is 423 g/mol. The molecule has 1 amide bonds. The molecule has 0 spiro atoms. The van der Waals surface area contributed by atoms with Gasteiger partial charge in [0.1, 0.15) is 0 Å². The molecule has 30 heavy (non-hydrogen) atoms. The number of hydrogen-bond donors (Lipinski definition) is 1. The van der Waals surface area contributed by atoms with Crippen LogP contribution in [0.4, 0.5) is 5.88 Å². The van der Waals surface area contributed by atoms with Crippen LogP contribution in [0.15, 0.2) is 57.9 Å². The van der Waals surface area contributed by atoms with Crippen molar-refractivity contribution in [2.45, 2.75) is 37.1 Å². The SMILES string of the molecule is O=C(Nc1onc2c1CCC2)c1ccc(S(=O)(=O)N2CCc3ccccc3C2)cc1. The summed E-state index contributed by atoms with van der Waals surface area (Å²) >= 11 is 0. The standard InChI is InChI=1S/C22H21N3O4S/c26-21(23-22-19-6-3-7-20(19)24-29-22)16-8-10-18(11-9-16)30(27,28)25-13-12-15-4-1-2-5-17(15)14-25/h1-2,4-5,8-11H,3,6-7,12-14H2,(H,23,26). The van der Waals surface area contributed by atoms with E-state index in [1.54, 1.807) is 0 Å². The zero-order valence-electron chi connectivity index (χ0n) is 16.3. The van der Waals surface area contributed by atoms with Crippen LogP contribution in [-0.4, -0.2) is 30.3 Å². The second-order valence-corrected chi connectivity index (χ2v) is 9.56. The van der Waals surface area contributed by atoms with E-state index in [9.17, 15) is 13.2 Å². The number of carbonyl (C=O) groups excluding carboxylic acids is 1. The number of sulfonamides is 1. The van der Waals surface area contributed by atoms with Crippen LogP contribution in [0.5, 0.6) is 0 Å². The molecule has 0 bridgehead atoms. The van der Waals surface area contributed by atoms with Gasteiger partial charge in [0.15, 0.2) is 0 Å². The summed E-state index contributed by atoms with van der Waals surface area (Å²) in [5, 5.41) is 6.73. The molecule has 0 saturated carbocycles. The van der Waals surface area contributed by atoms with Crippen LogP contribution in [0.1, 0.15) is 39.2 Å². The second kappa shape index (κ2) is 7.37. The fraction of sp³-hybridized carbons (Fsp3) is 0.273. The van der Waals surface area contributed by atoms with Crippen molar-refractivity contribution in [2.75, 3.05) is 11.9 Å². The smallest absolute Gasteiger partial charge is 0.258 e. The van der Waals surface area contributed by atoms with Crippen LogP contribution >= 0.6 is 0 Å². The van der Waals surface area contributed by atoms with Crippen LogP contribution in [0.25, 0.3) is 0 Å². The van der Waals surface area contributed by atoms with Gasteiger partial charge in [0, 0.05) is 24.2 Å². The Bertz CT molecular complexity index is 1220. The average Bonchev–Trinajstić information content (AvgIpc) is 3.38. The van der Waals surface area contributed by atoms with Gasteiger partial charge in [-0.3, -0.25) is 10.1 Å². The predicted molar refractivity (Wildman–Crippen MR) is 111 cm³/mol. The van der Waals surface area contributed by atoms with Gasteiger partial charge in [0.05, 0.1) is 10.6 Å². The number of nitrogens with zero attached hydrogens (tertiary/aromatic N) is 2. The molecule has 1 N–H and O–H groups in total. The van der Waals surface area contributed by atoms with Gasteiger partial charge < -0.3 is 4.52 Å². The topological polar surface area (TPSA) is 92.5 Å². The van der Waals surface area contributed by atoms with E-state index in [-0.39, 0.29) is 10.8 Å². The number of benzene rings is 2. The molecule has 2 aromatic carbocycles. The minimum atomic E-state index is -3.63. The number of anilines is 1. The summed E-state index contributed by atoms with van der Waals surface area (Å²) < 4.78 is 32.8. The Morgan fingerprint density at radius 1 is 1.00 bits per heavy atom. The van der Waals surface area contributed by atoms with E-state index in [1.807, 2.05) is 24.3 Å². The molecular weight excluding hydrogens is 402 g/mol. The maximum absolute atomic E-state index is 13.1. The third-order valence-corrected chi connectivity index (χ3v) is 7.65. The summed E-state index contributed by atoms with van der Waals surface area (Å²) in [5.41, 5.74) is 4.43. The number of hydrogen-bond acceptors (Lipinski definition) is 5. The van der Waals surface area contributed by atoms with Crippen LogP contribution in [0, 0.1) is 0 Å². The number of aryl methyl sites for hydroxylation is 1. The Morgan fingerprint density at radius 3 is 2.57 bits per heavy atom. The molecule has 0 unspecified atom stereocenters. The highest BCUT2D eigenvalue weighted by Gasteiger charge is 2.28. The number of fused-ring (bicyclic) bond motifs is 2. The summed E-state index contributed by atoms with van der Waals surface area (Å²) in [6.45, 7) is 0.801. The Kier molecular flexibility index (Phi) is 4.67. The fourth-order valence-corrected chi connectivity index (χ4v) is 5.52. The van der Waals surface area contributed by atoms with Crippen molar-refractivity contribution in [3.05, 3.63) is 76.5 Å². The molecule has 7 nitrogen and oxygen atoms in total. The number of aromatic nitrogens is 1. The van der Waals surface area contributed by atoms with E-state index in [1.165, 1.54) is 34.1 Å². The third-order valence-electron chi connectivity index (χ3n) is 5.79. The number of amides is 1. The van der Waals surface area contributed by atoms with Crippen LogP contribution in [0.3, 0.4) is 0 Å². The summed E-state index contributed by atoms with van der Waals surface area (Å²) in [4.78, 5) is 12.7. The minimum absolute atomic E-state index is 0.180. The van der Waals surface area contributed by atoms with Crippen molar-refractivity contribution in [1.82, 2.24) is 9.46 Å². The van der Waals surface area contributed by atoms with Crippen molar-refractivity contribution < 1.29 is 17.7 Å². The quantitative estimate of drug-likeness (QED) is 0.696. The zero-order valence-corrected chi connectivity index (χ0v) is 17.1. The fourth-order valence-electron chi connectivity index (χ4n) is 4.10. The lowest BCUT2D eigenvalue weighted by Crippen LogP contribution is -2.35. The number of nitrogens with one attached hydrogen (secondary N) is 1. The van der Waals surface area contributed by atoms with E-state index in [0.29, 0.717) is 31.0 Å². The predicted octanol–water partition coefficient (Wildman–Crippen LogP) is 3.16. The molecule has 0 saturated heterocycles. The van der Waals surface area contributed by atoms with Crippen molar-refractivity contribution in [3.8, 4) is 0 Å².